The highest BCUT2D eigenvalue weighted by Gasteiger charge is 2.41. The summed E-state index contributed by atoms with van der Waals surface area (Å²) in [7, 11) is 1.64. The van der Waals surface area contributed by atoms with Gasteiger partial charge in [-0.3, -0.25) is 4.98 Å². The standard InChI is InChI=1S/C21H19BrClN3O2S2/c1-27-10-11-28-16-6-5-13(12-14(16)23)26-20(17-7-8-18(22)30-17)19(25-21(26)29)15-4-2-3-9-24-15/h2-9,12,19-20H,10-11H2,1H3,(H,25,29)/t19-,20-/m0/s1. The Morgan fingerprint density at radius 3 is 2.77 bits per heavy atom. The molecule has 3 heterocycles. The van der Waals surface area contributed by atoms with Crippen LogP contribution in [-0.2, 0) is 4.74 Å². The van der Waals surface area contributed by atoms with Gasteiger partial charge in [0.25, 0.3) is 0 Å². The van der Waals surface area contributed by atoms with Crippen molar-refractivity contribution in [3.63, 3.8) is 0 Å². The predicted octanol–water partition coefficient (Wildman–Crippen LogP) is 5.76. The molecule has 0 aliphatic carbocycles. The predicted molar refractivity (Wildman–Crippen MR) is 129 cm³/mol. The van der Waals surface area contributed by atoms with E-state index in [4.69, 9.17) is 33.3 Å². The molecular formula is C21H19BrClN3O2S2. The summed E-state index contributed by atoms with van der Waals surface area (Å²) in [4.78, 5) is 7.83. The fraction of sp³-hybridized carbons (Fsp3) is 0.238. The molecule has 0 spiro atoms. The first-order valence-electron chi connectivity index (χ1n) is 9.25. The van der Waals surface area contributed by atoms with Gasteiger partial charge in [-0.15, -0.1) is 11.3 Å². The molecule has 1 fully saturated rings. The molecule has 2 aromatic heterocycles. The minimum absolute atomic E-state index is 0.0555. The van der Waals surface area contributed by atoms with Gasteiger partial charge in [0.1, 0.15) is 12.4 Å². The lowest BCUT2D eigenvalue weighted by Gasteiger charge is -2.27. The third-order valence-corrected chi connectivity index (χ3v) is 7.03. The molecule has 30 heavy (non-hydrogen) atoms. The summed E-state index contributed by atoms with van der Waals surface area (Å²) < 4.78 is 11.8. The van der Waals surface area contributed by atoms with E-state index < -0.39 is 0 Å². The number of halogens is 2. The minimum Gasteiger partial charge on any atom is -0.490 e. The van der Waals surface area contributed by atoms with Crippen LogP contribution in [0.15, 0.2) is 58.5 Å². The molecule has 1 aliphatic heterocycles. The summed E-state index contributed by atoms with van der Waals surface area (Å²) in [5.74, 6) is 0.618. The molecule has 4 rings (SSSR count). The second-order valence-electron chi connectivity index (χ2n) is 6.59. The van der Waals surface area contributed by atoms with E-state index >= 15 is 0 Å². The second kappa shape index (κ2) is 9.62. The van der Waals surface area contributed by atoms with E-state index in [2.05, 4.69) is 43.3 Å². The van der Waals surface area contributed by atoms with E-state index in [9.17, 15) is 0 Å². The molecule has 1 aliphatic rings. The highest BCUT2D eigenvalue weighted by atomic mass is 79.9. The highest BCUT2D eigenvalue weighted by molar-refractivity contribution is 9.11. The first-order chi connectivity index (χ1) is 14.6. The maximum absolute atomic E-state index is 6.51. The van der Waals surface area contributed by atoms with Crippen LogP contribution in [-0.4, -0.2) is 30.4 Å². The number of thiocarbonyl (C=S) groups is 1. The quantitative estimate of drug-likeness (QED) is 0.313. The van der Waals surface area contributed by atoms with Crippen LogP contribution in [0.4, 0.5) is 5.69 Å². The molecule has 0 amide bonds. The van der Waals surface area contributed by atoms with Crippen molar-refractivity contribution in [1.82, 2.24) is 10.3 Å². The maximum atomic E-state index is 6.51. The average Bonchev–Trinajstić information content (AvgIpc) is 3.33. The monoisotopic (exact) mass is 523 g/mol. The smallest absolute Gasteiger partial charge is 0.174 e. The summed E-state index contributed by atoms with van der Waals surface area (Å²) in [6, 6.07) is 15.7. The van der Waals surface area contributed by atoms with E-state index in [1.807, 2.05) is 36.4 Å². The Kier molecular flexibility index (Phi) is 6.90. The second-order valence-corrected chi connectivity index (χ2v) is 9.88. The fourth-order valence-electron chi connectivity index (χ4n) is 3.40. The number of ether oxygens (including phenoxy) is 2. The van der Waals surface area contributed by atoms with E-state index in [1.165, 1.54) is 4.88 Å². The number of thiophene rings is 1. The number of nitrogens with one attached hydrogen (secondary N) is 1. The number of hydrogen-bond donors (Lipinski definition) is 1. The molecule has 5 nitrogen and oxygen atoms in total. The Morgan fingerprint density at radius 1 is 1.23 bits per heavy atom. The van der Waals surface area contributed by atoms with Crippen LogP contribution < -0.4 is 15.0 Å². The third kappa shape index (κ3) is 4.48. The molecule has 156 valence electrons. The molecule has 0 unspecified atom stereocenters. The van der Waals surface area contributed by atoms with Gasteiger partial charge in [0.15, 0.2) is 5.11 Å². The average molecular weight is 525 g/mol. The molecule has 0 radical (unpaired) electrons. The van der Waals surface area contributed by atoms with Gasteiger partial charge < -0.3 is 19.7 Å². The number of aromatic nitrogens is 1. The zero-order valence-corrected chi connectivity index (χ0v) is 20.0. The third-order valence-electron chi connectivity index (χ3n) is 4.72. The van der Waals surface area contributed by atoms with E-state index in [0.29, 0.717) is 29.1 Å². The fourth-order valence-corrected chi connectivity index (χ4v) is 5.53. The van der Waals surface area contributed by atoms with Crippen LogP contribution in [0.3, 0.4) is 0 Å². The van der Waals surface area contributed by atoms with E-state index in [-0.39, 0.29) is 12.1 Å². The summed E-state index contributed by atoms with van der Waals surface area (Å²) >= 11 is 17.5. The van der Waals surface area contributed by atoms with Crippen LogP contribution >= 0.6 is 51.1 Å². The van der Waals surface area contributed by atoms with Gasteiger partial charge >= 0.3 is 0 Å². The van der Waals surface area contributed by atoms with Crippen molar-refractivity contribution < 1.29 is 9.47 Å². The molecular weight excluding hydrogens is 506 g/mol. The largest absolute Gasteiger partial charge is 0.490 e. The first-order valence-corrected chi connectivity index (χ1v) is 11.6. The number of nitrogens with zero attached hydrogens (tertiary/aromatic N) is 2. The number of benzene rings is 1. The van der Waals surface area contributed by atoms with Gasteiger partial charge in [0.2, 0.25) is 0 Å². The van der Waals surface area contributed by atoms with Gasteiger partial charge in [0, 0.05) is 23.9 Å². The van der Waals surface area contributed by atoms with Crippen molar-refractivity contribution in [1.29, 1.82) is 0 Å². The summed E-state index contributed by atoms with van der Waals surface area (Å²) in [6.07, 6.45) is 1.80. The van der Waals surface area contributed by atoms with Crippen LogP contribution in [0.5, 0.6) is 5.75 Å². The highest BCUT2D eigenvalue weighted by Crippen LogP contribution is 2.45. The van der Waals surface area contributed by atoms with Gasteiger partial charge in [-0.05, 0) is 70.6 Å². The Balaban J connectivity index is 1.70. The Hall–Kier alpha value is -1.71. The van der Waals surface area contributed by atoms with Crippen LogP contribution in [0.1, 0.15) is 22.7 Å². The zero-order chi connectivity index (χ0) is 21.1. The molecule has 0 bridgehead atoms. The van der Waals surface area contributed by atoms with Crippen molar-refractivity contribution in [2.75, 3.05) is 25.2 Å². The van der Waals surface area contributed by atoms with Crippen LogP contribution in [0.2, 0.25) is 5.02 Å². The summed E-state index contributed by atoms with van der Waals surface area (Å²) in [6.45, 7) is 0.937. The van der Waals surface area contributed by atoms with Gasteiger partial charge in [-0.2, -0.15) is 0 Å². The molecule has 1 N–H and O–H groups in total. The molecule has 0 saturated carbocycles. The molecule has 1 saturated heterocycles. The van der Waals surface area contributed by atoms with Crippen LogP contribution in [0, 0.1) is 0 Å². The lowest BCUT2D eigenvalue weighted by Crippen LogP contribution is -2.29. The Bertz CT molecular complexity index is 1030. The molecule has 9 heteroatoms. The van der Waals surface area contributed by atoms with E-state index in [0.717, 1.165) is 15.2 Å². The molecule has 2 atom stereocenters. The Labute approximate surface area is 198 Å². The van der Waals surface area contributed by atoms with Crippen molar-refractivity contribution in [2.24, 2.45) is 0 Å². The summed E-state index contributed by atoms with van der Waals surface area (Å²) in [5, 5.41) is 4.60. The minimum atomic E-state index is -0.0827. The SMILES string of the molecule is COCCOc1ccc(N2C(=S)N[C@@H](c3ccccn3)[C@@H]2c2ccc(Br)s2)cc1Cl. The Morgan fingerprint density at radius 2 is 2.10 bits per heavy atom. The number of anilines is 1. The van der Waals surface area contributed by atoms with Crippen molar-refractivity contribution in [3.8, 4) is 5.75 Å². The van der Waals surface area contributed by atoms with Gasteiger partial charge in [-0.1, -0.05) is 17.7 Å². The van der Waals surface area contributed by atoms with Gasteiger partial charge in [-0.25, -0.2) is 0 Å². The van der Waals surface area contributed by atoms with E-state index in [1.54, 1.807) is 24.6 Å². The maximum Gasteiger partial charge on any atom is 0.174 e. The lowest BCUT2D eigenvalue weighted by atomic mass is 10.0. The topological polar surface area (TPSA) is 46.6 Å². The molecule has 3 aromatic rings. The number of pyridine rings is 1. The number of methoxy groups -OCH3 is 1. The lowest BCUT2D eigenvalue weighted by molar-refractivity contribution is 0.146. The molecule has 1 aromatic carbocycles. The normalized spacial score (nSPS) is 18.5. The van der Waals surface area contributed by atoms with Crippen molar-refractivity contribution >= 4 is 61.9 Å². The first kappa shape index (κ1) is 21.5. The van der Waals surface area contributed by atoms with Crippen molar-refractivity contribution in [3.05, 3.63) is 74.1 Å². The number of hydrogen-bond acceptors (Lipinski definition) is 5. The summed E-state index contributed by atoms with van der Waals surface area (Å²) in [5.41, 5.74) is 1.83. The zero-order valence-electron chi connectivity index (χ0n) is 16.0. The van der Waals surface area contributed by atoms with Crippen LogP contribution in [0.25, 0.3) is 0 Å². The van der Waals surface area contributed by atoms with Crippen molar-refractivity contribution in [2.45, 2.75) is 12.1 Å². The number of rotatable bonds is 7. The van der Waals surface area contributed by atoms with Gasteiger partial charge in [0.05, 0.1) is 33.2 Å².